The SMILES string of the molecule is C=CCCC1CCC(c2cc(F)c(-c3cc(F)c(CC(F)(F)F)c(F)c3)c(F)c2)CC1. The highest BCUT2D eigenvalue weighted by atomic mass is 19.4. The lowest BCUT2D eigenvalue weighted by Crippen LogP contribution is -2.15. The van der Waals surface area contributed by atoms with Crippen LogP contribution in [0, 0.1) is 29.2 Å². The summed E-state index contributed by atoms with van der Waals surface area (Å²) in [6.45, 7) is 3.71. The molecule has 1 aliphatic rings. The molecule has 0 N–H and O–H groups in total. The third-order valence-electron chi connectivity index (χ3n) is 5.97. The van der Waals surface area contributed by atoms with Crippen molar-refractivity contribution in [3.8, 4) is 11.1 Å². The van der Waals surface area contributed by atoms with Crippen LogP contribution >= 0.6 is 0 Å². The maximum atomic E-state index is 14.8. The smallest absolute Gasteiger partial charge is 0.207 e. The van der Waals surface area contributed by atoms with Crippen LogP contribution in [0.2, 0.25) is 0 Å². The first-order chi connectivity index (χ1) is 14.6. The Hall–Kier alpha value is -2.31. The molecule has 0 unspecified atom stereocenters. The van der Waals surface area contributed by atoms with Crippen LogP contribution in [0.15, 0.2) is 36.9 Å². The van der Waals surface area contributed by atoms with Crippen molar-refractivity contribution in [2.75, 3.05) is 0 Å². The molecule has 2 aromatic carbocycles. The number of rotatable bonds is 6. The van der Waals surface area contributed by atoms with Gasteiger partial charge >= 0.3 is 6.18 Å². The first kappa shape index (κ1) is 23.4. The van der Waals surface area contributed by atoms with E-state index in [0.717, 1.165) is 50.7 Å². The lowest BCUT2D eigenvalue weighted by atomic mass is 9.77. The van der Waals surface area contributed by atoms with E-state index in [9.17, 15) is 30.7 Å². The van der Waals surface area contributed by atoms with E-state index < -0.39 is 52.6 Å². The Morgan fingerprint density at radius 2 is 1.39 bits per heavy atom. The van der Waals surface area contributed by atoms with Gasteiger partial charge in [-0.15, -0.1) is 6.58 Å². The van der Waals surface area contributed by atoms with Gasteiger partial charge in [0.25, 0.3) is 0 Å². The zero-order valence-electron chi connectivity index (χ0n) is 16.8. The monoisotopic (exact) mass is 444 g/mol. The Kier molecular flexibility index (Phi) is 7.12. The van der Waals surface area contributed by atoms with Crippen LogP contribution in [0.25, 0.3) is 11.1 Å². The highest BCUT2D eigenvalue weighted by molar-refractivity contribution is 5.66. The van der Waals surface area contributed by atoms with Crippen molar-refractivity contribution in [2.24, 2.45) is 5.92 Å². The van der Waals surface area contributed by atoms with Gasteiger partial charge in [0, 0.05) is 5.56 Å². The summed E-state index contributed by atoms with van der Waals surface area (Å²) in [6, 6.07) is 3.39. The molecule has 7 heteroatoms. The normalized spacial score (nSPS) is 19.5. The second kappa shape index (κ2) is 9.45. The molecule has 2 aromatic rings. The molecule has 0 saturated heterocycles. The molecule has 0 aliphatic heterocycles. The third-order valence-corrected chi connectivity index (χ3v) is 5.97. The minimum atomic E-state index is -4.81. The molecule has 0 bridgehead atoms. The van der Waals surface area contributed by atoms with E-state index in [2.05, 4.69) is 6.58 Å². The van der Waals surface area contributed by atoms with Gasteiger partial charge in [0.05, 0.1) is 12.0 Å². The largest absolute Gasteiger partial charge is 0.393 e. The molecule has 0 aromatic heterocycles. The maximum absolute atomic E-state index is 14.8. The Morgan fingerprint density at radius 3 is 1.87 bits per heavy atom. The highest BCUT2D eigenvalue weighted by Crippen LogP contribution is 2.40. The second-order valence-corrected chi connectivity index (χ2v) is 8.15. The minimum absolute atomic E-state index is 0.0133. The van der Waals surface area contributed by atoms with Crippen LogP contribution in [0.4, 0.5) is 30.7 Å². The second-order valence-electron chi connectivity index (χ2n) is 8.15. The molecule has 0 radical (unpaired) electrons. The van der Waals surface area contributed by atoms with Gasteiger partial charge < -0.3 is 0 Å². The average molecular weight is 444 g/mol. The number of allylic oxidation sites excluding steroid dienone is 1. The summed E-state index contributed by atoms with van der Waals surface area (Å²) in [6.07, 6.45) is 0.695. The van der Waals surface area contributed by atoms with E-state index >= 15 is 0 Å². The molecule has 0 heterocycles. The van der Waals surface area contributed by atoms with E-state index in [1.807, 2.05) is 6.08 Å². The Balaban J connectivity index is 1.84. The van der Waals surface area contributed by atoms with Crippen molar-refractivity contribution < 1.29 is 30.7 Å². The molecule has 3 rings (SSSR count). The van der Waals surface area contributed by atoms with Gasteiger partial charge in [-0.2, -0.15) is 13.2 Å². The van der Waals surface area contributed by atoms with Crippen molar-refractivity contribution in [2.45, 2.75) is 57.0 Å². The zero-order chi connectivity index (χ0) is 22.8. The first-order valence-electron chi connectivity index (χ1n) is 10.2. The molecule has 0 nitrogen and oxygen atoms in total. The van der Waals surface area contributed by atoms with Crippen LogP contribution in [0.3, 0.4) is 0 Å². The summed E-state index contributed by atoms with van der Waals surface area (Å²) in [7, 11) is 0. The van der Waals surface area contributed by atoms with Crippen molar-refractivity contribution in [3.63, 3.8) is 0 Å². The molecular weight excluding hydrogens is 421 g/mol. The topological polar surface area (TPSA) is 0 Å². The molecule has 1 fully saturated rings. The van der Waals surface area contributed by atoms with Crippen molar-refractivity contribution in [3.05, 3.63) is 71.3 Å². The summed E-state index contributed by atoms with van der Waals surface area (Å²) in [5, 5.41) is 0. The van der Waals surface area contributed by atoms with Crippen molar-refractivity contribution in [1.82, 2.24) is 0 Å². The standard InChI is InChI=1S/C24H23F7/c1-2-3-4-14-5-7-15(8-6-14)16-9-21(27)23(22(28)10-16)17-11-19(25)18(20(26)12-17)13-24(29,30)31/h2,9-12,14-15H,1,3-8,13H2. The Labute approximate surface area is 176 Å². The quantitative estimate of drug-likeness (QED) is 0.311. The van der Waals surface area contributed by atoms with Gasteiger partial charge in [0.2, 0.25) is 0 Å². The lowest BCUT2D eigenvalue weighted by molar-refractivity contribution is -0.128. The van der Waals surface area contributed by atoms with E-state index in [4.69, 9.17) is 0 Å². The summed E-state index contributed by atoms with van der Waals surface area (Å²) in [4.78, 5) is 0. The average Bonchev–Trinajstić information content (AvgIpc) is 2.68. The lowest BCUT2D eigenvalue weighted by Gasteiger charge is -2.29. The highest BCUT2D eigenvalue weighted by Gasteiger charge is 2.32. The molecule has 1 saturated carbocycles. The minimum Gasteiger partial charge on any atom is -0.207 e. The molecule has 31 heavy (non-hydrogen) atoms. The molecule has 0 atom stereocenters. The van der Waals surface area contributed by atoms with Crippen molar-refractivity contribution in [1.29, 1.82) is 0 Å². The van der Waals surface area contributed by atoms with Gasteiger partial charge in [-0.05, 0) is 85.8 Å². The van der Waals surface area contributed by atoms with Gasteiger partial charge in [0.15, 0.2) is 0 Å². The molecule has 1 aliphatic carbocycles. The van der Waals surface area contributed by atoms with Crippen LogP contribution in [0.1, 0.15) is 55.6 Å². The fourth-order valence-electron chi connectivity index (χ4n) is 4.36. The maximum Gasteiger partial charge on any atom is 0.393 e. The van der Waals surface area contributed by atoms with Crippen molar-refractivity contribution >= 4 is 0 Å². The summed E-state index contributed by atoms with van der Waals surface area (Å²) >= 11 is 0. The molecule has 168 valence electrons. The van der Waals surface area contributed by atoms with E-state index in [-0.39, 0.29) is 5.92 Å². The fourth-order valence-corrected chi connectivity index (χ4v) is 4.36. The van der Waals surface area contributed by atoms with Gasteiger partial charge in [0.1, 0.15) is 23.3 Å². The number of halogens is 7. The Bertz CT molecular complexity index is 891. The van der Waals surface area contributed by atoms with Crippen LogP contribution in [0.5, 0.6) is 0 Å². The van der Waals surface area contributed by atoms with Crippen LogP contribution in [-0.4, -0.2) is 6.18 Å². The van der Waals surface area contributed by atoms with Gasteiger partial charge in [-0.25, -0.2) is 17.6 Å². The number of hydrogen-bond acceptors (Lipinski definition) is 0. The number of hydrogen-bond donors (Lipinski definition) is 0. The van der Waals surface area contributed by atoms with E-state index in [0.29, 0.717) is 23.6 Å². The predicted octanol–water partition coefficient (Wildman–Crippen LogP) is 8.25. The van der Waals surface area contributed by atoms with Crippen LogP contribution in [-0.2, 0) is 6.42 Å². The molecular formula is C24H23F7. The van der Waals surface area contributed by atoms with Crippen LogP contribution < -0.4 is 0 Å². The van der Waals surface area contributed by atoms with E-state index in [1.54, 1.807) is 0 Å². The summed E-state index contributed by atoms with van der Waals surface area (Å²) in [5.74, 6) is -4.43. The number of benzene rings is 2. The first-order valence-corrected chi connectivity index (χ1v) is 10.2. The third kappa shape index (κ3) is 5.69. The predicted molar refractivity (Wildman–Crippen MR) is 106 cm³/mol. The molecule has 0 amide bonds. The fraction of sp³-hybridized carbons (Fsp3) is 0.417. The number of alkyl halides is 3. The zero-order valence-corrected chi connectivity index (χ0v) is 16.8. The summed E-state index contributed by atoms with van der Waals surface area (Å²) in [5.41, 5.74) is -1.83. The summed E-state index contributed by atoms with van der Waals surface area (Å²) < 4.78 is 95.2. The van der Waals surface area contributed by atoms with Gasteiger partial charge in [-0.3, -0.25) is 0 Å². The Morgan fingerprint density at radius 1 is 0.839 bits per heavy atom. The van der Waals surface area contributed by atoms with E-state index in [1.165, 1.54) is 0 Å². The molecule has 0 spiro atoms. The van der Waals surface area contributed by atoms with Gasteiger partial charge in [-0.1, -0.05) is 6.08 Å².